The van der Waals surface area contributed by atoms with Crippen LogP contribution in [0.2, 0.25) is 0 Å². The quantitative estimate of drug-likeness (QED) is 0.806. The summed E-state index contributed by atoms with van der Waals surface area (Å²) in [6.45, 7) is 4.03. The lowest BCUT2D eigenvalue weighted by Gasteiger charge is -2.34. The molecule has 26 heavy (non-hydrogen) atoms. The summed E-state index contributed by atoms with van der Waals surface area (Å²) >= 11 is 0. The fourth-order valence-corrected chi connectivity index (χ4v) is 3.68. The molecule has 0 fully saturated rings. The van der Waals surface area contributed by atoms with Crippen LogP contribution in [0.1, 0.15) is 44.6 Å². The number of allylic oxidation sites excluding steroid dienone is 3. The van der Waals surface area contributed by atoms with Gasteiger partial charge in [0, 0.05) is 29.3 Å². The van der Waals surface area contributed by atoms with E-state index in [2.05, 4.69) is 5.32 Å². The second kappa shape index (κ2) is 7.23. The third-order valence-corrected chi connectivity index (χ3v) is 4.80. The van der Waals surface area contributed by atoms with E-state index in [9.17, 15) is 14.7 Å². The van der Waals surface area contributed by atoms with Crippen LogP contribution in [0.5, 0.6) is 11.5 Å². The number of hydrogen-bond acceptors (Lipinski definition) is 6. The molecule has 138 valence electrons. The van der Waals surface area contributed by atoms with E-state index in [1.165, 1.54) is 13.2 Å². The Balaban J connectivity index is 2.19. The first-order chi connectivity index (χ1) is 12.5. The normalized spacial score (nSPS) is 19.8. The summed E-state index contributed by atoms with van der Waals surface area (Å²) in [5.41, 5.74) is 3.28. The Kier molecular flexibility index (Phi) is 5.02. The highest BCUT2D eigenvalue weighted by Gasteiger charge is 2.39. The molecule has 1 aromatic carbocycles. The van der Waals surface area contributed by atoms with Gasteiger partial charge in [0.1, 0.15) is 0 Å². The Morgan fingerprint density at radius 2 is 2.12 bits per heavy atom. The van der Waals surface area contributed by atoms with Gasteiger partial charge in [0.25, 0.3) is 0 Å². The number of phenolic OH excluding ortho intramolecular Hbond substituents is 1. The Labute approximate surface area is 152 Å². The van der Waals surface area contributed by atoms with Crippen molar-refractivity contribution in [1.29, 1.82) is 0 Å². The molecule has 1 heterocycles. The second-order valence-corrected chi connectivity index (χ2v) is 6.42. The van der Waals surface area contributed by atoms with Gasteiger partial charge in [0.15, 0.2) is 17.3 Å². The van der Waals surface area contributed by atoms with Gasteiger partial charge < -0.3 is 19.9 Å². The van der Waals surface area contributed by atoms with Crippen LogP contribution in [-0.4, -0.2) is 30.6 Å². The van der Waals surface area contributed by atoms with Crippen molar-refractivity contribution in [2.24, 2.45) is 0 Å². The van der Waals surface area contributed by atoms with E-state index < -0.39 is 11.9 Å². The van der Waals surface area contributed by atoms with Crippen LogP contribution in [0.15, 0.2) is 40.7 Å². The van der Waals surface area contributed by atoms with Crippen molar-refractivity contribution in [2.75, 3.05) is 13.7 Å². The molecular weight excluding hydrogens is 334 g/mol. The van der Waals surface area contributed by atoms with Crippen molar-refractivity contribution in [1.82, 2.24) is 5.32 Å². The fraction of sp³-hybridized carbons (Fsp3) is 0.400. The van der Waals surface area contributed by atoms with Gasteiger partial charge in [0.2, 0.25) is 0 Å². The number of Topliss-reactive ketones (excluding diaryl/α,β-unsaturated/α-hetero) is 1. The lowest BCUT2D eigenvalue weighted by atomic mass is 9.75. The smallest absolute Gasteiger partial charge is 0.336 e. The topological polar surface area (TPSA) is 84.9 Å². The van der Waals surface area contributed by atoms with Gasteiger partial charge in [-0.15, -0.1) is 0 Å². The number of benzene rings is 1. The van der Waals surface area contributed by atoms with E-state index >= 15 is 0 Å². The maximum absolute atomic E-state index is 12.7. The molecule has 1 unspecified atom stereocenters. The minimum Gasteiger partial charge on any atom is -0.504 e. The molecular formula is C20H23NO5. The Morgan fingerprint density at radius 1 is 1.35 bits per heavy atom. The molecule has 1 aromatic rings. The van der Waals surface area contributed by atoms with Crippen molar-refractivity contribution in [3.05, 3.63) is 46.3 Å². The molecule has 0 spiro atoms. The number of esters is 1. The highest BCUT2D eigenvalue weighted by Crippen LogP contribution is 2.44. The standard InChI is InChI=1S/C20H23NO5/c1-4-26-16-10-12(8-9-14(16)22)18-17(20(24)25-3)11(2)21-13-6-5-7-15(23)19(13)18/h8-10,18,21-22H,4-7H2,1-3H3. The molecule has 1 atom stereocenters. The van der Waals surface area contributed by atoms with E-state index in [4.69, 9.17) is 9.47 Å². The number of rotatable bonds is 4. The second-order valence-electron chi connectivity index (χ2n) is 6.42. The van der Waals surface area contributed by atoms with Gasteiger partial charge in [-0.05, 0) is 44.4 Å². The van der Waals surface area contributed by atoms with E-state index in [-0.39, 0.29) is 11.5 Å². The molecule has 3 rings (SSSR count). The van der Waals surface area contributed by atoms with Crippen molar-refractivity contribution in [2.45, 2.75) is 39.0 Å². The molecule has 0 saturated heterocycles. The number of phenols is 1. The predicted octanol–water partition coefficient (Wildman–Crippen LogP) is 2.93. The number of dihydropyridines is 1. The number of carbonyl (C=O) groups is 2. The molecule has 6 nitrogen and oxygen atoms in total. The molecule has 0 radical (unpaired) electrons. The van der Waals surface area contributed by atoms with E-state index in [0.717, 1.165) is 24.1 Å². The van der Waals surface area contributed by atoms with Crippen LogP contribution in [-0.2, 0) is 14.3 Å². The molecule has 2 aliphatic rings. The maximum Gasteiger partial charge on any atom is 0.336 e. The third-order valence-electron chi connectivity index (χ3n) is 4.80. The lowest BCUT2D eigenvalue weighted by molar-refractivity contribution is -0.136. The van der Waals surface area contributed by atoms with Gasteiger partial charge in [-0.3, -0.25) is 4.79 Å². The summed E-state index contributed by atoms with van der Waals surface area (Å²) in [6.07, 6.45) is 2.01. The summed E-state index contributed by atoms with van der Waals surface area (Å²) in [7, 11) is 1.33. The van der Waals surface area contributed by atoms with Crippen LogP contribution in [0, 0.1) is 0 Å². The molecule has 6 heteroatoms. The maximum atomic E-state index is 12.7. The van der Waals surface area contributed by atoms with E-state index in [0.29, 0.717) is 35.6 Å². The first-order valence-electron chi connectivity index (χ1n) is 8.76. The summed E-state index contributed by atoms with van der Waals surface area (Å²) in [6, 6.07) is 4.94. The minimum absolute atomic E-state index is 0.0222. The predicted molar refractivity (Wildman–Crippen MR) is 95.8 cm³/mol. The van der Waals surface area contributed by atoms with Gasteiger partial charge >= 0.3 is 5.97 Å². The first kappa shape index (κ1) is 18.0. The zero-order valence-electron chi connectivity index (χ0n) is 15.2. The number of hydrogen-bond donors (Lipinski definition) is 2. The number of nitrogens with one attached hydrogen (secondary N) is 1. The Hall–Kier alpha value is -2.76. The number of methoxy groups -OCH3 is 1. The molecule has 0 amide bonds. The van der Waals surface area contributed by atoms with Gasteiger partial charge in [0.05, 0.1) is 19.3 Å². The monoisotopic (exact) mass is 357 g/mol. The molecule has 1 aliphatic heterocycles. The summed E-state index contributed by atoms with van der Waals surface area (Å²) in [5.74, 6) is -0.629. The van der Waals surface area contributed by atoms with Crippen LogP contribution >= 0.6 is 0 Å². The van der Waals surface area contributed by atoms with Gasteiger partial charge in [-0.25, -0.2) is 4.79 Å². The highest BCUT2D eigenvalue weighted by molar-refractivity contribution is 6.03. The van der Waals surface area contributed by atoms with Crippen molar-refractivity contribution in [3.63, 3.8) is 0 Å². The number of ketones is 1. The van der Waals surface area contributed by atoms with Crippen molar-refractivity contribution in [3.8, 4) is 11.5 Å². The molecule has 2 N–H and O–H groups in total. The Morgan fingerprint density at radius 3 is 2.81 bits per heavy atom. The zero-order chi connectivity index (χ0) is 18.8. The third kappa shape index (κ3) is 3.07. The average molecular weight is 357 g/mol. The lowest BCUT2D eigenvalue weighted by Crippen LogP contribution is -2.34. The van der Waals surface area contributed by atoms with Gasteiger partial charge in [-0.1, -0.05) is 6.07 Å². The largest absolute Gasteiger partial charge is 0.504 e. The molecule has 0 aromatic heterocycles. The van der Waals surface area contributed by atoms with Crippen LogP contribution in [0.3, 0.4) is 0 Å². The summed E-state index contributed by atoms with van der Waals surface area (Å²) in [5, 5.41) is 13.2. The average Bonchev–Trinajstić information content (AvgIpc) is 2.62. The number of ether oxygens (including phenoxy) is 2. The Bertz CT molecular complexity index is 821. The molecule has 1 aliphatic carbocycles. The van der Waals surface area contributed by atoms with Gasteiger partial charge in [-0.2, -0.15) is 0 Å². The summed E-state index contributed by atoms with van der Waals surface area (Å²) < 4.78 is 10.5. The number of carbonyl (C=O) groups excluding carboxylic acids is 2. The molecule has 0 bridgehead atoms. The van der Waals surface area contributed by atoms with Crippen molar-refractivity contribution >= 4 is 11.8 Å². The minimum atomic E-state index is -0.536. The first-order valence-corrected chi connectivity index (χ1v) is 8.76. The summed E-state index contributed by atoms with van der Waals surface area (Å²) in [4.78, 5) is 25.2. The van der Waals surface area contributed by atoms with E-state index in [1.807, 2.05) is 13.8 Å². The van der Waals surface area contributed by atoms with Crippen LogP contribution < -0.4 is 10.1 Å². The molecule has 0 saturated carbocycles. The highest BCUT2D eigenvalue weighted by atomic mass is 16.5. The number of aromatic hydroxyl groups is 1. The van der Waals surface area contributed by atoms with E-state index in [1.54, 1.807) is 12.1 Å². The van der Waals surface area contributed by atoms with Crippen molar-refractivity contribution < 1.29 is 24.2 Å². The SMILES string of the molecule is CCOc1cc(C2C(C(=O)OC)=C(C)NC3=C2C(=O)CCC3)ccc1O. The zero-order valence-corrected chi connectivity index (χ0v) is 15.2. The van der Waals surface area contributed by atoms with Crippen LogP contribution in [0.25, 0.3) is 0 Å². The fourth-order valence-electron chi connectivity index (χ4n) is 3.68. The van der Waals surface area contributed by atoms with Crippen LogP contribution in [0.4, 0.5) is 0 Å².